The van der Waals surface area contributed by atoms with Gasteiger partial charge in [-0.15, -0.1) is 5.10 Å². The van der Waals surface area contributed by atoms with Gasteiger partial charge in [-0.05, 0) is 12.8 Å². The lowest BCUT2D eigenvalue weighted by Gasteiger charge is -2.16. The summed E-state index contributed by atoms with van der Waals surface area (Å²) in [7, 11) is 0. The van der Waals surface area contributed by atoms with E-state index in [9.17, 15) is 4.79 Å². The number of fused-ring (bicyclic) bond motifs is 1. The molecule has 0 spiro atoms. The highest BCUT2D eigenvalue weighted by atomic mass is 16.5. The maximum absolute atomic E-state index is 11.6. The number of nitrogens with zero attached hydrogens (tertiary/aromatic N) is 3. The molecule has 0 aliphatic carbocycles. The van der Waals surface area contributed by atoms with Gasteiger partial charge < -0.3 is 15.4 Å². The lowest BCUT2D eigenvalue weighted by molar-refractivity contribution is 0.121. The molecule has 2 amide bonds. The van der Waals surface area contributed by atoms with Crippen LogP contribution in [0.5, 0.6) is 0 Å². The number of unbranched alkanes of at least 4 members (excludes halogenated alkanes) is 1. The van der Waals surface area contributed by atoms with Gasteiger partial charge in [0.25, 0.3) is 0 Å². The average molecular weight is 267 g/mol. The van der Waals surface area contributed by atoms with E-state index in [-0.39, 0.29) is 12.1 Å². The molecule has 0 radical (unpaired) electrons. The van der Waals surface area contributed by atoms with E-state index in [0.717, 1.165) is 25.0 Å². The first-order chi connectivity index (χ1) is 9.31. The van der Waals surface area contributed by atoms with Crippen molar-refractivity contribution < 1.29 is 9.53 Å². The summed E-state index contributed by atoms with van der Waals surface area (Å²) >= 11 is 0. The predicted molar refractivity (Wildman–Crippen MR) is 69.6 cm³/mol. The summed E-state index contributed by atoms with van der Waals surface area (Å²) in [5.74, 6) is 0. The molecule has 19 heavy (non-hydrogen) atoms. The van der Waals surface area contributed by atoms with Gasteiger partial charge in [0.15, 0.2) is 0 Å². The SMILES string of the molecule is CCCCNC(=O)NC[C@@H]1CCOCc2cnnn21. The molecule has 106 valence electrons. The Kier molecular flexibility index (Phi) is 5.14. The molecular weight excluding hydrogens is 246 g/mol. The van der Waals surface area contributed by atoms with Gasteiger partial charge in [0, 0.05) is 19.7 Å². The lowest BCUT2D eigenvalue weighted by Crippen LogP contribution is -2.39. The first-order valence-corrected chi connectivity index (χ1v) is 6.79. The van der Waals surface area contributed by atoms with Gasteiger partial charge >= 0.3 is 6.03 Å². The van der Waals surface area contributed by atoms with Crippen LogP contribution in [0.4, 0.5) is 4.79 Å². The number of nitrogens with one attached hydrogen (secondary N) is 2. The molecule has 7 nitrogen and oxygen atoms in total. The number of hydrogen-bond acceptors (Lipinski definition) is 4. The molecule has 1 aromatic rings. The van der Waals surface area contributed by atoms with Crippen LogP contribution in [0.1, 0.15) is 37.9 Å². The summed E-state index contributed by atoms with van der Waals surface area (Å²) in [4.78, 5) is 11.6. The highest BCUT2D eigenvalue weighted by Crippen LogP contribution is 2.16. The van der Waals surface area contributed by atoms with Crippen molar-refractivity contribution in [3.63, 3.8) is 0 Å². The Balaban J connectivity index is 1.81. The summed E-state index contributed by atoms with van der Waals surface area (Å²) in [6, 6.07) is -0.0165. The molecule has 2 heterocycles. The van der Waals surface area contributed by atoms with Crippen LogP contribution in [0.3, 0.4) is 0 Å². The maximum atomic E-state index is 11.6. The number of carbonyl (C=O) groups is 1. The Bertz CT molecular complexity index is 407. The zero-order chi connectivity index (χ0) is 13.5. The van der Waals surface area contributed by atoms with E-state index in [2.05, 4.69) is 27.9 Å². The van der Waals surface area contributed by atoms with Gasteiger partial charge in [0.05, 0.1) is 24.5 Å². The highest BCUT2D eigenvalue weighted by molar-refractivity contribution is 5.73. The molecule has 1 atom stereocenters. The number of rotatable bonds is 5. The molecule has 0 unspecified atom stereocenters. The Morgan fingerprint density at radius 2 is 2.47 bits per heavy atom. The molecule has 1 aliphatic rings. The predicted octanol–water partition coefficient (Wildman–Crippen LogP) is 0.839. The normalized spacial score (nSPS) is 18.5. The summed E-state index contributed by atoms with van der Waals surface area (Å²) in [5, 5.41) is 13.7. The fraction of sp³-hybridized carbons (Fsp3) is 0.750. The third kappa shape index (κ3) is 3.92. The topological polar surface area (TPSA) is 81.1 Å². The highest BCUT2D eigenvalue weighted by Gasteiger charge is 2.20. The van der Waals surface area contributed by atoms with Gasteiger partial charge in [-0.3, -0.25) is 0 Å². The second-order valence-electron chi connectivity index (χ2n) is 4.66. The van der Waals surface area contributed by atoms with Crippen molar-refractivity contribution in [3.05, 3.63) is 11.9 Å². The van der Waals surface area contributed by atoms with Crippen LogP contribution in [0, 0.1) is 0 Å². The molecule has 2 rings (SSSR count). The third-order valence-corrected chi connectivity index (χ3v) is 3.15. The van der Waals surface area contributed by atoms with Gasteiger partial charge in [0.2, 0.25) is 0 Å². The van der Waals surface area contributed by atoms with E-state index in [1.165, 1.54) is 0 Å². The van der Waals surface area contributed by atoms with Crippen molar-refractivity contribution in [2.75, 3.05) is 19.7 Å². The summed E-state index contributed by atoms with van der Waals surface area (Å²) in [6.07, 6.45) is 4.60. The van der Waals surface area contributed by atoms with Crippen LogP contribution in [-0.4, -0.2) is 40.7 Å². The number of carbonyl (C=O) groups excluding carboxylic acids is 1. The molecule has 1 aliphatic heterocycles. The minimum atomic E-state index is -0.125. The summed E-state index contributed by atoms with van der Waals surface area (Å²) in [6.45, 7) is 4.55. The summed E-state index contributed by atoms with van der Waals surface area (Å²) < 4.78 is 7.31. The zero-order valence-electron chi connectivity index (χ0n) is 11.3. The van der Waals surface area contributed by atoms with Crippen molar-refractivity contribution in [1.82, 2.24) is 25.6 Å². The minimum Gasteiger partial charge on any atom is -0.375 e. The standard InChI is InChI=1S/C12H21N5O2/c1-2-3-5-13-12(18)14-7-10-4-6-19-9-11-8-15-16-17(10)11/h8,10H,2-7,9H2,1H3,(H2,13,14,18)/t10-/m0/s1. The second kappa shape index (κ2) is 7.08. The van der Waals surface area contributed by atoms with Crippen molar-refractivity contribution in [3.8, 4) is 0 Å². The molecule has 0 saturated heterocycles. The van der Waals surface area contributed by atoms with Crippen molar-refractivity contribution >= 4 is 6.03 Å². The van der Waals surface area contributed by atoms with Gasteiger partial charge in [-0.1, -0.05) is 18.6 Å². The molecule has 1 aromatic heterocycles. The fourth-order valence-electron chi connectivity index (χ4n) is 2.03. The molecule has 0 saturated carbocycles. The van der Waals surface area contributed by atoms with Gasteiger partial charge in [-0.2, -0.15) is 0 Å². The van der Waals surface area contributed by atoms with E-state index < -0.39 is 0 Å². The Labute approximate surface area is 112 Å². The van der Waals surface area contributed by atoms with Crippen LogP contribution in [0.25, 0.3) is 0 Å². The molecule has 0 fully saturated rings. The molecule has 0 bridgehead atoms. The summed E-state index contributed by atoms with van der Waals surface area (Å²) in [5.41, 5.74) is 0.954. The number of ether oxygens (including phenoxy) is 1. The van der Waals surface area contributed by atoms with Gasteiger partial charge in [-0.25, -0.2) is 9.48 Å². The smallest absolute Gasteiger partial charge is 0.314 e. The lowest BCUT2D eigenvalue weighted by atomic mass is 10.2. The van der Waals surface area contributed by atoms with Crippen LogP contribution >= 0.6 is 0 Å². The van der Waals surface area contributed by atoms with E-state index in [1.54, 1.807) is 6.20 Å². The molecule has 0 aromatic carbocycles. The molecule has 2 N–H and O–H groups in total. The van der Waals surface area contributed by atoms with Crippen molar-refractivity contribution in [2.24, 2.45) is 0 Å². The number of hydrogen-bond donors (Lipinski definition) is 2. The number of aromatic nitrogens is 3. The quantitative estimate of drug-likeness (QED) is 0.775. The van der Waals surface area contributed by atoms with Crippen molar-refractivity contribution in [1.29, 1.82) is 0 Å². The minimum absolute atomic E-state index is 0.108. The van der Waals surface area contributed by atoms with E-state index in [0.29, 0.717) is 26.3 Å². The first-order valence-electron chi connectivity index (χ1n) is 6.79. The maximum Gasteiger partial charge on any atom is 0.314 e. The Morgan fingerprint density at radius 3 is 3.32 bits per heavy atom. The zero-order valence-corrected chi connectivity index (χ0v) is 11.3. The fourth-order valence-corrected chi connectivity index (χ4v) is 2.03. The Morgan fingerprint density at radius 1 is 1.58 bits per heavy atom. The number of urea groups is 1. The molecule has 7 heteroatoms. The van der Waals surface area contributed by atoms with Crippen LogP contribution in [0.15, 0.2) is 6.20 Å². The van der Waals surface area contributed by atoms with Crippen LogP contribution in [-0.2, 0) is 11.3 Å². The van der Waals surface area contributed by atoms with Crippen LogP contribution < -0.4 is 10.6 Å². The van der Waals surface area contributed by atoms with E-state index >= 15 is 0 Å². The Hall–Kier alpha value is -1.63. The third-order valence-electron chi connectivity index (χ3n) is 3.15. The van der Waals surface area contributed by atoms with Crippen LogP contribution in [0.2, 0.25) is 0 Å². The monoisotopic (exact) mass is 267 g/mol. The van der Waals surface area contributed by atoms with E-state index in [4.69, 9.17) is 4.74 Å². The average Bonchev–Trinajstić information content (AvgIpc) is 2.79. The van der Waals surface area contributed by atoms with Crippen molar-refractivity contribution in [2.45, 2.75) is 38.8 Å². The first kappa shape index (κ1) is 13.8. The van der Waals surface area contributed by atoms with E-state index in [1.807, 2.05) is 4.68 Å². The van der Waals surface area contributed by atoms with Gasteiger partial charge in [0.1, 0.15) is 0 Å². The largest absolute Gasteiger partial charge is 0.375 e. The molecular formula is C12H21N5O2. The second-order valence-corrected chi connectivity index (χ2v) is 4.66. The number of amides is 2.